The van der Waals surface area contributed by atoms with E-state index in [4.69, 9.17) is 32.4 Å². The number of hydrogen-bond donors (Lipinski definition) is 0. The number of nitrogens with zero attached hydrogens (tertiary/aromatic N) is 1. The maximum atomic E-state index is 6.79. The molecule has 2 atom stereocenters. The van der Waals surface area contributed by atoms with Crippen molar-refractivity contribution in [1.82, 2.24) is 4.98 Å². The van der Waals surface area contributed by atoms with Crippen molar-refractivity contribution in [2.75, 3.05) is 13.2 Å². The first kappa shape index (κ1) is 20.2. The smallest absolute Gasteiger partial charge is 0.192 e. The fraction of sp³-hybridized carbons (Fsp3) is 0.722. The lowest BCUT2D eigenvalue weighted by Gasteiger charge is -2.34. The SMILES string of the molecule is CC[Si](CC)(CC)OC(CCC1CCOC1)c1c(Cl)cncc1Cl. The quantitative estimate of drug-likeness (QED) is 0.466. The zero-order valence-corrected chi connectivity index (χ0v) is 17.5. The summed E-state index contributed by atoms with van der Waals surface area (Å²) in [7, 11) is -1.75. The molecule has 2 heterocycles. The van der Waals surface area contributed by atoms with E-state index in [2.05, 4.69) is 25.8 Å². The molecule has 6 heteroatoms. The van der Waals surface area contributed by atoms with Gasteiger partial charge in [-0.15, -0.1) is 0 Å². The van der Waals surface area contributed by atoms with Crippen LogP contribution in [0.1, 0.15) is 51.7 Å². The van der Waals surface area contributed by atoms with Crippen molar-refractivity contribution >= 4 is 31.5 Å². The van der Waals surface area contributed by atoms with Crippen LogP contribution >= 0.6 is 23.2 Å². The highest BCUT2D eigenvalue weighted by Crippen LogP contribution is 2.39. The Bertz CT molecular complexity index is 491. The molecule has 0 N–H and O–H groups in total. The molecule has 1 saturated heterocycles. The molecule has 2 rings (SSSR count). The van der Waals surface area contributed by atoms with Gasteiger partial charge in [-0.25, -0.2) is 0 Å². The molecule has 2 unspecified atom stereocenters. The predicted octanol–water partition coefficient (Wildman–Crippen LogP) is 6.27. The van der Waals surface area contributed by atoms with Crippen molar-refractivity contribution < 1.29 is 9.16 Å². The lowest BCUT2D eigenvalue weighted by molar-refractivity contribution is 0.157. The van der Waals surface area contributed by atoms with Gasteiger partial charge in [0.2, 0.25) is 0 Å². The fourth-order valence-electron chi connectivity index (χ4n) is 3.49. The van der Waals surface area contributed by atoms with E-state index in [1.807, 2.05) is 0 Å². The highest BCUT2D eigenvalue weighted by atomic mass is 35.5. The summed E-state index contributed by atoms with van der Waals surface area (Å²) in [5.74, 6) is 0.622. The second kappa shape index (κ2) is 9.53. The van der Waals surface area contributed by atoms with E-state index in [1.54, 1.807) is 12.4 Å². The average Bonchev–Trinajstić information content (AvgIpc) is 3.10. The molecule has 24 heavy (non-hydrogen) atoms. The molecule has 3 nitrogen and oxygen atoms in total. The van der Waals surface area contributed by atoms with E-state index in [1.165, 1.54) is 0 Å². The zero-order valence-electron chi connectivity index (χ0n) is 15.0. The maximum absolute atomic E-state index is 6.79. The van der Waals surface area contributed by atoms with Crippen LogP contribution in [0.15, 0.2) is 12.4 Å². The van der Waals surface area contributed by atoms with E-state index in [0.717, 1.165) is 56.2 Å². The molecule has 1 aliphatic heterocycles. The normalized spacial score (nSPS) is 19.6. The Morgan fingerprint density at radius 3 is 2.33 bits per heavy atom. The first-order valence-corrected chi connectivity index (χ1v) is 12.4. The maximum Gasteiger partial charge on any atom is 0.192 e. The van der Waals surface area contributed by atoms with E-state index in [-0.39, 0.29) is 6.10 Å². The van der Waals surface area contributed by atoms with Gasteiger partial charge < -0.3 is 9.16 Å². The van der Waals surface area contributed by atoms with Gasteiger partial charge in [-0.1, -0.05) is 44.0 Å². The summed E-state index contributed by atoms with van der Waals surface area (Å²) < 4.78 is 12.3. The summed E-state index contributed by atoms with van der Waals surface area (Å²) in [6, 6.07) is 3.34. The van der Waals surface area contributed by atoms with Crippen molar-refractivity contribution in [1.29, 1.82) is 0 Å². The number of hydrogen-bond acceptors (Lipinski definition) is 3. The van der Waals surface area contributed by atoms with E-state index in [0.29, 0.717) is 16.0 Å². The Balaban J connectivity index is 2.23. The van der Waals surface area contributed by atoms with Crippen LogP contribution in [0.3, 0.4) is 0 Å². The molecular weight excluding hydrogens is 361 g/mol. The third-order valence-corrected chi connectivity index (χ3v) is 10.7. The predicted molar refractivity (Wildman–Crippen MR) is 103 cm³/mol. The molecule has 1 aromatic rings. The molecule has 0 aliphatic carbocycles. The lowest BCUT2D eigenvalue weighted by atomic mass is 9.97. The topological polar surface area (TPSA) is 31.4 Å². The van der Waals surface area contributed by atoms with Gasteiger partial charge in [0.15, 0.2) is 8.32 Å². The van der Waals surface area contributed by atoms with Gasteiger partial charge in [-0.2, -0.15) is 0 Å². The van der Waals surface area contributed by atoms with Crippen molar-refractivity contribution in [2.24, 2.45) is 5.92 Å². The van der Waals surface area contributed by atoms with E-state index in [9.17, 15) is 0 Å². The third kappa shape index (κ3) is 4.95. The summed E-state index contributed by atoms with van der Waals surface area (Å²) in [6.07, 6.45) is 6.46. The fourth-order valence-corrected chi connectivity index (χ4v) is 6.94. The molecule has 1 aliphatic rings. The number of ether oxygens (including phenoxy) is 1. The third-order valence-electron chi connectivity index (χ3n) is 5.40. The molecule has 0 amide bonds. The van der Waals surface area contributed by atoms with Crippen LogP contribution in [0.5, 0.6) is 0 Å². The summed E-state index contributed by atoms with van der Waals surface area (Å²) in [4.78, 5) is 4.09. The van der Waals surface area contributed by atoms with Crippen LogP contribution in [-0.4, -0.2) is 26.5 Å². The van der Waals surface area contributed by atoms with Crippen LogP contribution in [0.4, 0.5) is 0 Å². The number of halogens is 2. The number of pyridine rings is 1. The monoisotopic (exact) mass is 389 g/mol. The van der Waals surface area contributed by atoms with Crippen molar-refractivity contribution in [3.8, 4) is 0 Å². The van der Waals surface area contributed by atoms with Gasteiger partial charge in [0.25, 0.3) is 0 Å². The van der Waals surface area contributed by atoms with Crippen LogP contribution in [-0.2, 0) is 9.16 Å². The largest absolute Gasteiger partial charge is 0.410 e. The van der Waals surface area contributed by atoms with E-state index < -0.39 is 8.32 Å². The average molecular weight is 390 g/mol. The minimum absolute atomic E-state index is 0.0416. The second-order valence-corrected chi connectivity index (χ2v) is 12.2. The lowest BCUT2D eigenvalue weighted by Crippen LogP contribution is -2.37. The standard InChI is InChI=1S/C18H29Cl2NO2Si/c1-4-24(5-2,6-3)23-17(8-7-14-9-10-22-13-14)18-15(19)11-21-12-16(18)20/h11-12,14,17H,4-10,13H2,1-3H3. The second-order valence-electron chi connectivity index (χ2n) is 6.67. The number of aromatic nitrogens is 1. The molecular formula is C18H29Cl2NO2Si. The molecule has 0 bridgehead atoms. The zero-order chi connectivity index (χ0) is 17.6. The molecule has 1 fully saturated rings. The summed E-state index contributed by atoms with van der Waals surface area (Å²) in [5.41, 5.74) is 0.916. The van der Waals surface area contributed by atoms with Crippen LogP contribution in [0.25, 0.3) is 0 Å². The Kier molecular flexibility index (Phi) is 8.02. The van der Waals surface area contributed by atoms with Gasteiger partial charge >= 0.3 is 0 Å². The molecule has 136 valence electrons. The number of rotatable bonds is 9. The molecule has 0 aromatic carbocycles. The van der Waals surface area contributed by atoms with Crippen molar-refractivity contribution in [2.45, 2.75) is 64.3 Å². The Hall–Kier alpha value is -0.133. The molecule has 0 radical (unpaired) electrons. The first-order chi connectivity index (χ1) is 11.5. The molecule has 0 saturated carbocycles. The van der Waals surface area contributed by atoms with Gasteiger partial charge in [-0.3, -0.25) is 4.98 Å². The minimum Gasteiger partial charge on any atom is -0.410 e. The Labute approximate surface area is 157 Å². The Morgan fingerprint density at radius 2 is 1.83 bits per heavy atom. The molecule has 1 aromatic heterocycles. The van der Waals surface area contributed by atoms with Gasteiger partial charge in [0.1, 0.15) is 0 Å². The Morgan fingerprint density at radius 1 is 1.21 bits per heavy atom. The first-order valence-electron chi connectivity index (χ1n) is 9.09. The van der Waals surface area contributed by atoms with Crippen LogP contribution < -0.4 is 0 Å². The van der Waals surface area contributed by atoms with Crippen LogP contribution in [0.2, 0.25) is 28.2 Å². The van der Waals surface area contributed by atoms with Crippen molar-refractivity contribution in [3.05, 3.63) is 28.0 Å². The summed E-state index contributed by atoms with van der Waals surface area (Å²) in [6.45, 7) is 8.48. The van der Waals surface area contributed by atoms with Crippen LogP contribution in [0, 0.1) is 5.92 Å². The van der Waals surface area contributed by atoms with Crippen molar-refractivity contribution in [3.63, 3.8) is 0 Å². The van der Waals surface area contributed by atoms with Gasteiger partial charge in [0, 0.05) is 31.2 Å². The van der Waals surface area contributed by atoms with Gasteiger partial charge in [-0.05, 0) is 43.3 Å². The van der Waals surface area contributed by atoms with E-state index >= 15 is 0 Å². The summed E-state index contributed by atoms with van der Waals surface area (Å²) in [5, 5.41) is 1.22. The minimum atomic E-state index is -1.75. The highest BCUT2D eigenvalue weighted by molar-refractivity contribution is 6.73. The highest BCUT2D eigenvalue weighted by Gasteiger charge is 2.34. The molecule has 0 spiro atoms. The van der Waals surface area contributed by atoms with Gasteiger partial charge in [0.05, 0.1) is 16.1 Å². The summed E-state index contributed by atoms with van der Waals surface area (Å²) >= 11 is 12.9.